The van der Waals surface area contributed by atoms with E-state index >= 15 is 0 Å². The summed E-state index contributed by atoms with van der Waals surface area (Å²) in [5.41, 5.74) is 25.2. The lowest BCUT2D eigenvalue weighted by Gasteiger charge is -2.27. The number of hydrogen-bond acceptors (Lipinski definition) is 9. The van der Waals surface area contributed by atoms with Crippen molar-refractivity contribution in [3.8, 4) is 33.4 Å². The van der Waals surface area contributed by atoms with Crippen LogP contribution in [-0.2, 0) is 0 Å². The monoisotopic (exact) mass is 1640 g/mol. The molecule has 23 rings (SSSR count). The molecule has 0 bridgehead atoms. The Bertz CT molecular complexity index is 7740. The molecule has 0 amide bonds. The number of nitrogens with one attached hydrogen (secondary N) is 3. The van der Waals surface area contributed by atoms with E-state index in [9.17, 15) is 0 Å². The molecule has 0 aliphatic rings. The molecule has 125 heavy (non-hydrogen) atoms. The molecular formula is C116H82N6OS2. The molecule has 23 aromatic rings. The van der Waals surface area contributed by atoms with Gasteiger partial charge in [-0.1, -0.05) is 297 Å². The second-order valence-electron chi connectivity index (χ2n) is 31.0. The first kappa shape index (κ1) is 76.4. The van der Waals surface area contributed by atoms with Gasteiger partial charge in [-0.25, -0.2) is 0 Å². The molecule has 594 valence electrons. The first-order valence-corrected chi connectivity index (χ1v) is 43.8. The van der Waals surface area contributed by atoms with Crippen LogP contribution in [0.15, 0.2) is 484 Å². The number of hydrogen-bond donors (Lipinski definition) is 3. The second kappa shape index (κ2) is 34.6. The van der Waals surface area contributed by atoms with Crippen molar-refractivity contribution < 1.29 is 4.42 Å². The Kier molecular flexibility index (Phi) is 21.1. The highest BCUT2D eigenvalue weighted by Crippen LogP contribution is 2.46. The van der Waals surface area contributed by atoms with Gasteiger partial charge in [0.15, 0.2) is 5.58 Å². The molecule has 3 heterocycles. The van der Waals surface area contributed by atoms with Gasteiger partial charge in [0.1, 0.15) is 5.58 Å². The molecule has 0 aliphatic carbocycles. The summed E-state index contributed by atoms with van der Waals surface area (Å²) in [6.45, 7) is 0. The highest BCUT2D eigenvalue weighted by Gasteiger charge is 2.21. The van der Waals surface area contributed by atoms with Gasteiger partial charge in [-0.05, 0) is 232 Å². The van der Waals surface area contributed by atoms with Crippen molar-refractivity contribution in [1.82, 2.24) is 0 Å². The lowest BCUT2D eigenvalue weighted by molar-refractivity contribution is 0.670. The van der Waals surface area contributed by atoms with Gasteiger partial charge in [0.25, 0.3) is 0 Å². The number of para-hydroxylation sites is 4. The normalized spacial score (nSPS) is 11.2. The zero-order chi connectivity index (χ0) is 83.2. The van der Waals surface area contributed by atoms with Crippen LogP contribution in [0.1, 0.15) is 0 Å². The van der Waals surface area contributed by atoms with Crippen LogP contribution in [0.3, 0.4) is 0 Å². The highest BCUT2D eigenvalue weighted by atomic mass is 32.1. The zero-order valence-electron chi connectivity index (χ0n) is 68.2. The van der Waals surface area contributed by atoms with Gasteiger partial charge >= 0.3 is 0 Å². The van der Waals surface area contributed by atoms with E-state index in [1.807, 2.05) is 46.9 Å². The van der Waals surface area contributed by atoms with E-state index in [0.717, 1.165) is 107 Å². The summed E-state index contributed by atoms with van der Waals surface area (Å²) >= 11 is 3.69. The van der Waals surface area contributed by atoms with Gasteiger partial charge in [0, 0.05) is 130 Å². The van der Waals surface area contributed by atoms with Gasteiger partial charge in [-0.2, -0.15) is 0 Å². The molecule has 3 aromatic heterocycles. The quantitative estimate of drug-likeness (QED) is 0.0791. The minimum absolute atomic E-state index is 0.865. The van der Waals surface area contributed by atoms with E-state index in [-0.39, 0.29) is 0 Å². The first-order valence-electron chi connectivity index (χ1n) is 42.2. The molecule has 0 radical (unpaired) electrons. The smallest absolute Gasteiger partial charge is 0.158 e. The number of benzene rings is 20. The number of fused-ring (bicyclic) bond motifs is 11. The van der Waals surface area contributed by atoms with Crippen molar-refractivity contribution >= 4 is 192 Å². The Morgan fingerprint density at radius 2 is 0.568 bits per heavy atom. The standard InChI is InChI=1S/C44H30N2S.C36H24N2OS.C36H28N2/c1-3-16-37-30(10-1)12-7-19-38(37)32-22-25-35(26-23-32)46(42-20-8-13-31-11-2-4-17-39(31)42)36-15-9-14-33(28-36)45-34-24-27-44-41(29-34)40-18-5-6-21-43(40)47-44;1-2-11-25(12-3-1)38(27-20-21-30-29-15-5-7-19-34(29)40-35(30)23-27)26-13-8-10-24(22-26)37-32-17-9-16-31-28-14-4-6-18-33(28)39-36(31)32;1-4-10-28(11-5-1)30-16-20-32(21-17-30)37-33-22-26-36(27-23-33)38(34-14-8-3-9-15-34)35-24-18-31(19-25-35)29-12-6-2-7-13-29/h1-29,45H;1-23,37H;1-27,37H. The molecule has 3 N–H and O–H groups in total. The van der Waals surface area contributed by atoms with E-state index in [0.29, 0.717) is 0 Å². The van der Waals surface area contributed by atoms with Crippen LogP contribution in [-0.4, -0.2) is 0 Å². The molecule has 0 saturated heterocycles. The average molecular weight is 1640 g/mol. The summed E-state index contributed by atoms with van der Waals surface area (Å²) in [5.74, 6) is 0. The minimum Gasteiger partial charge on any atom is -0.454 e. The Morgan fingerprint density at radius 1 is 0.192 bits per heavy atom. The Balaban J connectivity index is 0.000000115. The Hall–Kier alpha value is -16.0. The van der Waals surface area contributed by atoms with Gasteiger partial charge in [-0.15, -0.1) is 22.7 Å². The van der Waals surface area contributed by atoms with Crippen LogP contribution in [0.4, 0.5) is 85.3 Å². The molecule has 0 atom stereocenters. The number of furan rings is 1. The summed E-state index contributed by atoms with van der Waals surface area (Å²) in [5, 5.41) is 23.3. The molecule has 0 spiro atoms. The summed E-state index contributed by atoms with van der Waals surface area (Å²) in [4.78, 5) is 6.97. The maximum Gasteiger partial charge on any atom is 0.158 e. The third-order valence-corrected chi connectivity index (χ3v) is 25.4. The van der Waals surface area contributed by atoms with Crippen molar-refractivity contribution in [3.05, 3.63) is 479 Å². The molecule has 9 heteroatoms. The third kappa shape index (κ3) is 16.0. The molecular weight excluding hydrogens is 1560 g/mol. The summed E-state index contributed by atoms with van der Waals surface area (Å²) in [7, 11) is 0. The van der Waals surface area contributed by atoms with Crippen LogP contribution in [0.2, 0.25) is 0 Å². The first-order chi connectivity index (χ1) is 61.9. The van der Waals surface area contributed by atoms with Crippen LogP contribution in [0.25, 0.3) is 117 Å². The number of thiophene rings is 2. The van der Waals surface area contributed by atoms with E-state index in [4.69, 9.17) is 4.42 Å². The SMILES string of the molecule is c1cc(Nc2ccc3sc4ccccc4c3c2)cc(N(c2ccc(-c3cccc4ccccc34)cc2)c2cccc3ccccc23)c1.c1ccc(-c2ccc(Nc3ccc(N(c4ccccc4)c4ccc(-c5ccccc5)cc4)cc3)cc2)cc1.c1ccc(N(c2cccc(Nc3cccc4c3oc3ccccc34)c2)c2ccc3c(c2)sc2ccccc23)cc1. The van der Waals surface area contributed by atoms with Crippen LogP contribution >= 0.6 is 22.7 Å². The maximum absolute atomic E-state index is 6.27. The maximum atomic E-state index is 6.27. The zero-order valence-corrected chi connectivity index (χ0v) is 69.8. The lowest BCUT2D eigenvalue weighted by Crippen LogP contribution is -2.10. The predicted molar refractivity (Wildman–Crippen MR) is 537 cm³/mol. The Morgan fingerprint density at radius 3 is 1.22 bits per heavy atom. The molecule has 0 saturated carbocycles. The molecule has 0 unspecified atom stereocenters. The number of anilines is 15. The van der Waals surface area contributed by atoms with E-state index in [1.54, 1.807) is 0 Å². The van der Waals surface area contributed by atoms with E-state index in [2.05, 4.69) is 486 Å². The van der Waals surface area contributed by atoms with Gasteiger partial charge in [0.2, 0.25) is 0 Å². The topological polar surface area (TPSA) is 59.0 Å². The number of rotatable bonds is 18. The number of nitrogens with zero attached hydrogens (tertiary/aromatic N) is 3. The molecule has 0 fully saturated rings. The van der Waals surface area contributed by atoms with Crippen LogP contribution in [0, 0.1) is 0 Å². The van der Waals surface area contributed by atoms with Crippen LogP contribution < -0.4 is 30.7 Å². The average Bonchev–Trinajstić information content (AvgIpc) is 1.70. The van der Waals surface area contributed by atoms with Crippen LogP contribution in [0.5, 0.6) is 0 Å². The summed E-state index contributed by atoms with van der Waals surface area (Å²) in [6.07, 6.45) is 0. The van der Waals surface area contributed by atoms with Crippen molar-refractivity contribution in [3.63, 3.8) is 0 Å². The lowest BCUT2D eigenvalue weighted by atomic mass is 9.98. The van der Waals surface area contributed by atoms with Crippen molar-refractivity contribution in [1.29, 1.82) is 0 Å². The fourth-order valence-electron chi connectivity index (χ4n) is 17.1. The minimum atomic E-state index is 0.865. The predicted octanol–water partition coefficient (Wildman–Crippen LogP) is 34.6. The highest BCUT2D eigenvalue weighted by molar-refractivity contribution is 7.26. The van der Waals surface area contributed by atoms with E-state index < -0.39 is 0 Å². The fourth-order valence-corrected chi connectivity index (χ4v) is 19.3. The van der Waals surface area contributed by atoms with Crippen molar-refractivity contribution in [2.75, 3.05) is 30.7 Å². The van der Waals surface area contributed by atoms with Crippen molar-refractivity contribution in [2.24, 2.45) is 0 Å². The third-order valence-electron chi connectivity index (χ3n) is 23.1. The fraction of sp³-hybridized carbons (Fsp3) is 0. The molecule has 20 aromatic carbocycles. The molecule has 7 nitrogen and oxygen atoms in total. The Labute approximate surface area is 734 Å². The molecule has 0 aliphatic heterocycles. The van der Waals surface area contributed by atoms with E-state index in [1.165, 1.54) is 95.3 Å². The van der Waals surface area contributed by atoms with Gasteiger partial charge < -0.3 is 35.1 Å². The second-order valence-corrected chi connectivity index (χ2v) is 33.2. The summed E-state index contributed by atoms with van der Waals surface area (Å²) < 4.78 is 11.5. The summed E-state index contributed by atoms with van der Waals surface area (Å²) in [6, 6.07) is 170. The van der Waals surface area contributed by atoms with Crippen molar-refractivity contribution in [2.45, 2.75) is 0 Å². The van der Waals surface area contributed by atoms with Gasteiger partial charge in [0.05, 0.1) is 11.4 Å². The largest absolute Gasteiger partial charge is 0.454 e. The van der Waals surface area contributed by atoms with Gasteiger partial charge in [-0.3, -0.25) is 0 Å².